The molecule has 4 heteroatoms. The molecule has 1 heterocycles. The molecule has 1 rings (SSSR count). The second-order valence-corrected chi connectivity index (χ2v) is 2.50. The summed E-state index contributed by atoms with van der Waals surface area (Å²) in [4.78, 5) is 19.0. The van der Waals surface area contributed by atoms with E-state index in [1.54, 1.807) is 14.0 Å². The third-order valence-corrected chi connectivity index (χ3v) is 1.58. The molecule has 0 spiro atoms. The van der Waals surface area contributed by atoms with Crippen molar-refractivity contribution in [1.29, 1.82) is 0 Å². The van der Waals surface area contributed by atoms with Gasteiger partial charge in [-0.25, -0.2) is 9.97 Å². The number of carbonyl (C=O) groups is 1. The molecular formula is C8H11N3O. The van der Waals surface area contributed by atoms with Crippen molar-refractivity contribution in [1.82, 2.24) is 9.97 Å². The number of hydrogen-bond donors (Lipinski definition) is 1. The van der Waals surface area contributed by atoms with Crippen LogP contribution in [0.1, 0.15) is 23.0 Å². The lowest BCUT2D eigenvalue weighted by Crippen LogP contribution is -2.03. The first-order valence-electron chi connectivity index (χ1n) is 3.67. The molecule has 1 N–H and O–H groups in total. The van der Waals surface area contributed by atoms with E-state index < -0.39 is 0 Å². The average Bonchev–Trinajstić information content (AvgIpc) is 2.03. The van der Waals surface area contributed by atoms with Crippen molar-refractivity contribution < 1.29 is 4.79 Å². The fraction of sp³-hybridized carbons (Fsp3) is 0.375. The van der Waals surface area contributed by atoms with Gasteiger partial charge in [0.15, 0.2) is 5.78 Å². The van der Waals surface area contributed by atoms with Gasteiger partial charge in [-0.1, -0.05) is 0 Å². The Morgan fingerprint density at radius 1 is 1.58 bits per heavy atom. The lowest BCUT2D eigenvalue weighted by Gasteiger charge is -2.02. The van der Waals surface area contributed by atoms with E-state index in [-0.39, 0.29) is 5.78 Å². The minimum absolute atomic E-state index is 0.00449. The van der Waals surface area contributed by atoms with Crippen LogP contribution in [0.2, 0.25) is 0 Å². The summed E-state index contributed by atoms with van der Waals surface area (Å²) >= 11 is 0. The highest BCUT2D eigenvalue weighted by Gasteiger charge is 2.05. The van der Waals surface area contributed by atoms with Crippen LogP contribution >= 0.6 is 0 Å². The van der Waals surface area contributed by atoms with E-state index in [0.717, 1.165) is 0 Å². The van der Waals surface area contributed by atoms with E-state index in [4.69, 9.17) is 0 Å². The zero-order chi connectivity index (χ0) is 9.14. The van der Waals surface area contributed by atoms with Gasteiger partial charge in [0.25, 0.3) is 0 Å². The third-order valence-electron chi connectivity index (χ3n) is 1.58. The smallest absolute Gasteiger partial charge is 0.222 e. The van der Waals surface area contributed by atoms with Crippen molar-refractivity contribution in [2.45, 2.75) is 13.8 Å². The number of hydrogen-bond acceptors (Lipinski definition) is 4. The normalized spacial score (nSPS) is 9.58. The second kappa shape index (κ2) is 3.30. The van der Waals surface area contributed by atoms with E-state index in [1.807, 2.05) is 0 Å². The number of anilines is 1. The Bertz CT molecular complexity index is 309. The maximum Gasteiger partial charge on any atom is 0.222 e. The van der Waals surface area contributed by atoms with Crippen LogP contribution in [0.3, 0.4) is 0 Å². The molecule has 4 nitrogen and oxygen atoms in total. The summed E-state index contributed by atoms with van der Waals surface area (Å²) in [5.41, 5.74) is 1.29. The molecule has 64 valence electrons. The van der Waals surface area contributed by atoms with Crippen LogP contribution in [-0.2, 0) is 0 Å². The largest absolute Gasteiger partial charge is 0.357 e. The first-order chi connectivity index (χ1) is 5.65. The summed E-state index contributed by atoms with van der Waals surface area (Å²) < 4.78 is 0. The molecule has 0 aliphatic heterocycles. The summed E-state index contributed by atoms with van der Waals surface area (Å²) in [6.45, 7) is 3.30. The Hall–Kier alpha value is -1.45. The summed E-state index contributed by atoms with van der Waals surface area (Å²) in [6.07, 6.45) is 1.54. The van der Waals surface area contributed by atoms with Gasteiger partial charge in [0.05, 0.1) is 11.3 Å². The van der Waals surface area contributed by atoms with Gasteiger partial charge >= 0.3 is 0 Å². The van der Waals surface area contributed by atoms with Gasteiger partial charge in [0, 0.05) is 13.2 Å². The van der Waals surface area contributed by atoms with Gasteiger partial charge in [0.2, 0.25) is 5.95 Å². The molecule has 0 saturated heterocycles. The van der Waals surface area contributed by atoms with Crippen LogP contribution in [0.5, 0.6) is 0 Å². The zero-order valence-electron chi connectivity index (χ0n) is 7.38. The van der Waals surface area contributed by atoms with E-state index in [2.05, 4.69) is 15.3 Å². The van der Waals surface area contributed by atoms with Gasteiger partial charge < -0.3 is 5.32 Å². The average molecular weight is 165 g/mol. The molecule has 0 fully saturated rings. The molecule has 0 aromatic carbocycles. The molecule has 0 aliphatic carbocycles. The Labute approximate surface area is 71.0 Å². The Morgan fingerprint density at radius 2 is 2.25 bits per heavy atom. The molecule has 12 heavy (non-hydrogen) atoms. The number of aromatic nitrogens is 2. The lowest BCUT2D eigenvalue weighted by molar-refractivity contribution is 0.101. The maximum atomic E-state index is 11.0. The van der Waals surface area contributed by atoms with E-state index in [9.17, 15) is 4.79 Å². The number of nitrogens with one attached hydrogen (secondary N) is 1. The van der Waals surface area contributed by atoms with Gasteiger partial charge in [-0.05, 0) is 13.8 Å². The number of aryl methyl sites for hydroxylation is 1. The van der Waals surface area contributed by atoms with E-state index >= 15 is 0 Å². The molecule has 0 saturated carbocycles. The van der Waals surface area contributed by atoms with Crippen LogP contribution in [0.25, 0.3) is 0 Å². The highest BCUT2D eigenvalue weighted by Crippen LogP contribution is 2.06. The molecule has 1 aromatic heterocycles. The summed E-state index contributed by atoms with van der Waals surface area (Å²) in [6, 6.07) is 0. The van der Waals surface area contributed by atoms with Crippen molar-refractivity contribution in [3.63, 3.8) is 0 Å². The first-order valence-corrected chi connectivity index (χ1v) is 3.67. The van der Waals surface area contributed by atoms with Crippen LogP contribution in [0.4, 0.5) is 5.95 Å². The third kappa shape index (κ3) is 1.58. The van der Waals surface area contributed by atoms with Crippen molar-refractivity contribution >= 4 is 11.7 Å². The van der Waals surface area contributed by atoms with Crippen molar-refractivity contribution in [3.8, 4) is 0 Å². The summed E-state index contributed by atoms with van der Waals surface area (Å²) in [7, 11) is 1.74. The number of rotatable bonds is 2. The molecule has 1 aromatic rings. The van der Waals surface area contributed by atoms with Crippen molar-refractivity contribution in [3.05, 3.63) is 17.5 Å². The molecular weight excluding hydrogens is 154 g/mol. The minimum Gasteiger partial charge on any atom is -0.357 e. The molecule has 0 aliphatic rings. The molecule has 0 bridgehead atoms. The quantitative estimate of drug-likeness (QED) is 0.665. The summed E-state index contributed by atoms with van der Waals surface area (Å²) in [5.74, 6) is 0.535. The highest BCUT2D eigenvalue weighted by atomic mass is 16.1. The van der Waals surface area contributed by atoms with Gasteiger partial charge in [-0.2, -0.15) is 0 Å². The Kier molecular flexibility index (Phi) is 2.38. The monoisotopic (exact) mass is 165 g/mol. The lowest BCUT2D eigenvalue weighted by atomic mass is 10.2. The number of nitrogens with zero attached hydrogens (tertiary/aromatic N) is 2. The van der Waals surface area contributed by atoms with E-state index in [0.29, 0.717) is 17.2 Å². The topological polar surface area (TPSA) is 54.9 Å². The van der Waals surface area contributed by atoms with Gasteiger partial charge in [0.1, 0.15) is 0 Å². The van der Waals surface area contributed by atoms with Gasteiger partial charge in [-0.15, -0.1) is 0 Å². The van der Waals surface area contributed by atoms with Crippen molar-refractivity contribution in [2.75, 3.05) is 12.4 Å². The fourth-order valence-electron chi connectivity index (χ4n) is 0.933. The van der Waals surface area contributed by atoms with Crippen LogP contribution < -0.4 is 5.32 Å². The fourth-order valence-corrected chi connectivity index (χ4v) is 0.933. The first kappa shape index (κ1) is 8.64. The standard InChI is InChI=1S/C8H11N3O/c1-5-7(6(2)12)4-10-8(9-3)11-5/h4H,1-3H3,(H,9,10,11). The van der Waals surface area contributed by atoms with Crippen LogP contribution in [0.15, 0.2) is 6.20 Å². The van der Waals surface area contributed by atoms with Crippen LogP contribution in [-0.4, -0.2) is 22.8 Å². The second-order valence-electron chi connectivity index (χ2n) is 2.50. The van der Waals surface area contributed by atoms with Gasteiger partial charge in [-0.3, -0.25) is 4.79 Å². The predicted octanol–water partition coefficient (Wildman–Crippen LogP) is 1.03. The minimum atomic E-state index is -0.00449. The van der Waals surface area contributed by atoms with Crippen molar-refractivity contribution in [2.24, 2.45) is 0 Å². The molecule has 0 radical (unpaired) electrons. The Morgan fingerprint density at radius 3 is 2.67 bits per heavy atom. The predicted molar refractivity (Wildman–Crippen MR) is 46.3 cm³/mol. The summed E-state index contributed by atoms with van der Waals surface area (Å²) in [5, 5.41) is 2.80. The number of Topliss-reactive ketones (excluding diaryl/α,β-unsaturated/α-hetero) is 1. The SMILES string of the molecule is CNc1ncc(C(C)=O)c(C)n1. The van der Waals surface area contributed by atoms with Crippen LogP contribution in [0, 0.1) is 6.92 Å². The molecule has 0 amide bonds. The molecule has 0 atom stereocenters. The van der Waals surface area contributed by atoms with E-state index in [1.165, 1.54) is 13.1 Å². The maximum absolute atomic E-state index is 11.0. The zero-order valence-corrected chi connectivity index (χ0v) is 7.38. The number of carbonyl (C=O) groups excluding carboxylic acids is 1. The highest BCUT2D eigenvalue weighted by molar-refractivity contribution is 5.94. The molecule has 0 unspecified atom stereocenters. The number of ketones is 1. The Balaban J connectivity index is 3.12.